The Balaban J connectivity index is 3.84. The van der Waals surface area contributed by atoms with Crippen molar-refractivity contribution in [1.29, 1.82) is 0 Å². The molecule has 0 aromatic rings. The lowest BCUT2D eigenvalue weighted by atomic mass is 10.3. The zero-order valence-electron chi connectivity index (χ0n) is 8.82. The van der Waals surface area contributed by atoms with Gasteiger partial charge in [-0.3, -0.25) is 0 Å². The number of oxime groups is 1. The Morgan fingerprint density at radius 1 is 1.64 bits per heavy atom. The molecule has 0 aromatic heterocycles. The summed E-state index contributed by atoms with van der Waals surface area (Å²) in [5.41, 5.74) is 5.26. The maximum Gasteiger partial charge on any atom is 0.317 e. The summed E-state index contributed by atoms with van der Waals surface area (Å²) in [5.74, 6) is 0.120. The van der Waals surface area contributed by atoms with Gasteiger partial charge in [0.15, 0.2) is 0 Å². The van der Waals surface area contributed by atoms with Crippen LogP contribution in [0.3, 0.4) is 0 Å². The molecule has 0 spiro atoms. The maximum atomic E-state index is 11.3. The Morgan fingerprint density at radius 3 is 2.64 bits per heavy atom. The highest BCUT2D eigenvalue weighted by Gasteiger charge is 2.09. The summed E-state index contributed by atoms with van der Waals surface area (Å²) in [5, 5.41) is 13.8. The number of urea groups is 1. The van der Waals surface area contributed by atoms with Gasteiger partial charge in [0.05, 0.1) is 0 Å². The van der Waals surface area contributed by atoms with Crippen LogP contribution in [0.15, 0.2) is 5.16 Å². The summed E-state index contributed by atoms with van der Waals surface area (Å²) in [6.45, 7) is 4.19. The molecule has 0 heterocycles. The highest BCUT2D eigenvalue weighted by Crippen LogP contribution is 1.90. The van der Waals surface area contributed by atoms with Crippen molar-refractivity contribution in [2.45, 2.75) is 26.3 Å². The standard InChI is InChI=1S/C8H18N4O2/c1-6(2)10-8(13)12(3)5-4-7(9)11-14/h6,14H,4-5H2,1-3H3,(H2,9,11)(H,10,13). The van der Waals surface area contributed by atoms with Crippen LogP contribution in [-0.2, 0) is 0 Å². The molecule has 6 nitrogen and oxygen atoms in total. The van der Waals surface area contributed by atoms with Gasteiger partial charge in [-0.1, -0.05) is 5.16 Å². The van der Waals surface area contributed by atoms with Crippen LogP contribution in [0.5, 0.6) is 0 Å². The van der Waals surface area contributed by atoms with E-state index in [1.807, 2.05) is 13.8 Å². The van der Waals surface area contributed by atoms with Crippen molar-refractivity contribution in [1.82, 2.24) is 10.2 Å². The molecule has 0 aromatic carbocycles. The predicted octanol–water partition coefficient (Wildman–Crippen LogP) is 0.173. The van der Waals surface area contributed by atoms with Crippen molar-refractivity contribution in [2.75, 3.05) is 13.6 Å². The van der Waals surface area contributed by atoms with Crippen molar-refractivity contribution >= 4 is 11.9 Å². The van der Waals surface area contributed by atoms with Gasteiger partial charge in [0.1, 0.15) is 5.84 Å². The lowest BCUT2D eigenvalue weighted by molar-refractivity contribution is 0.207. The van der Waals surface area contributed by atoms with Crippen molar-refractivity contribution in [2.24, 2.45) is 10.9 Å². The minimum absolute atomic E-state index is 0.105. The number of carbonyl (C=O) groups is 1. The van der Waals surface area contributed by atoms with E-state index in [9.17, 15) is 4.79 Å². The Kier molecular flexibility index (Phi) is 5.43. The van der Waals surface area contributed by atoms with Crippen LogP contribution >= 0.6 is 0 Å². The number of nitrogens with zero attached hydrogens (tertiary/aromatic N) is 2. The second-order valence-electron chi connectivity index (χ2n) is 3.37. The molecule has 0 rings (SSSR count). The molecular weight excluding hydrogens is 184 g/mol. The third kappa shape index (κ3) is 5.23. The summed E-state index contributed by atoms with van der Waals surface area (Å²) in [6.07, 6.45) is 0.360. The van der Waals surface area contributed by atoms with E-state index in [0.717, 1.165) is 0 Å². The topological polar surface area (TPSA) is 91.0 Å². The molecule has 4 N–H and O–H groups in total. The van der Waals surface area contributed by atoms with Crippen LogP contribution in [0.2, 0.25) is 0 Å². The fraction of sp³-hybridized carbons (Fsp3) is 0.750. The van der Waals surface area contributed by atoms with E-state index < -0.39 is 0 Å². The lowest BCUT2D eigenvalue weighted by Crippen LogP contribution is -2.41. The van der Waals surface area contributed by atoms with E-state index in [-0.39, 0.29) is 17.9 Å². The number of nitrogens with two attached hydrogens (primary N) is 1. The van der Waals surface area contributed by atoms with E-state index in [0.29, 0.717) is 13.0 Å². The quantitative estimate of drug-likeness (QED) is 0.263. The third-order valence-electron chi connectivity index (χ3n) is 1.59. The summed E-state index contributed by atoms with van der Waals surface area (Å²) in [7, 11) is 1.66. The van der Waals surface area contributed by atoms with Crippen LogP contribution in [0.25, 0.3) is 0 Å². The Labute approximate surface area is 83.7 Å². The van der Waals surface area contributed by atoms with E-state index in [2.05, 4.69) is 10.5 Å². The molecule has 0 bridgehead atoms. The van der Waals surface area contributed by atoms with Gasteiger partial charge < -0.3 is 21.2 Å². The van der Waals surface area contributed by atoms with Crippen LogP contribution in [-0.4, -0.2) is 41.6 Å². The summed E-state index contributed by atoms with van der Waals surface area (Å²) < 4.78 is 0. The Bertz CT molecular complexity index is 215. The molecule has 0 atom stereocenters. The molecule has 14 heavy (non-hydrogen) atoms. The van der Waals surface area contributed by atoms with Crippen LogP contribution in [0.1, 0.15) is 20.3 Å². The first kappa shape index (κ1) is 12.5. The monoisotopic (exact) mass is 202 g/mol. The number of hydrogen-bond donors (Lipinski definition) is 3. The maximum absolute atomic E-state index is 11.3. The minimum Gasteiger partial charge on any atom is -0.409 e. The summed E-state index contributed by atoms with van der Waals surface area (Å²) in [4.78, 5) is 12.8. The van der Waals surface area contributed by atoms with Crippen LogP contribution in [0, 0.1) is 0 Å². The SMILES string of the molecule is CC(C)NC(=O)N(C)CC/C(N)=N/O. The molecule has 0 fully saturated rings. The van der Waals surface area contributed by atoms with Gasteiger partial charge >= 0.3 is 6.03 Å². The zero-order chi connectivity index (χ0) is 11.1. The normalized spacial score (nSPS) is 11.6. The number of amides is 2. The van der Waals surface area contributed by atoms with Gasteiger partial charge in [-0.15, -0.1) is 0 Å². The number of nitrogens with one attached hydrogen (secondary N) is 1. The summed E-state index contributed by atoms with van der Waals surface area (Å²) >= 11 is 0. The van der Waals surface area contributed by atoms with Crippen LogP contribution in [0.4, 0.5) is 4.79 Å². The fourth-order valence-corrected chi connectivity index (χ4v) is 0.791. The first-order valence-electron chi connectivity index (χ1n) is 4.45. The van der Waals surface area contributed by atoms with Crippen LogP contribution < -0.4 is 11.1 Å². The average molecular weight is 202 g/mol. The van der Waals surface area contributed by atoms with Gasteiger partial charge in [-0.2, -0.15) is 0 Å². The molecule has 0 unspecified atom stereocenters. The largest absolute Gasteiger partial charge is 0.409 e. The zero-order valence-corrected chi connectivity index (χ0v) is 8.82. The molecule has 0 saturated heterocycles. The van der Waals surface area contributed by atoms with E-state index >= 15 is 0 Å². The number of amidine groups is 1. The number of hydrogen-bond acceptors (Lipinski definition) is 3. The predicted molar refractivity (Wildman–Crippen MR) is 54.3 cm³/mol. The molecule has 82 valence electrons. The number of carbonyl (C=O) groups excluding carboxylic acids is 1. The van der Waals surface area contributed by atoms with Crippen molar-refractivity contribution in [3.05, 3.63) is 0 Å². The van der Waals surface area contributed by atoms with Crippen molar-refractivity contribution in [3.63, 3.8) is 0 Å². The highest BCUT2D eigenvalue weighted by atomic mass is 16.4. The molecule has 2 amide bonds. The first-order chi connectivity index (χ1) is 6.47. The second-order valence-corrected chi connectivity index (χ2v) is 3.37. The molecule has 0 aliphatic heterocycles. The third-order valence-corrected chi connectivity index (χ3v) is 1.59. The van der Waals surface area contributed by atoms with Gasteiger partial charge in [0, 0.05) is 26.1 Å². The second kappa shape index (κ2) is 6.06. The van der Waals surface area contributed by atoms with Crippen molar-refractivity contribution in [3.8, 4) is 0 Å². The smallest absolute Gasteiger partial charge is 0.317 e. The molecule has 6 heteroatoms. The van der Waals surface area contributed by atoms with E-state index in [4.69, 9.17) is 10.9 Å². The average Bonchev–Trinajstić information content (AvgIpc) is 2.12. The highest BCUT2D eigenvalue weighted by molar-refractivity contribution is 5.80. The number of rotatable bonds is 4. The molecule has 0 aliphatic rings. The van der Waals surface area contributed by atoms with Gasteiger partial charge in [0.25, 0.3) is 0 Å². The minimum atomic E-state index is -0.161. The Hall–Kier alpha value is -1.46. The van der Waals surface area contributed by atoms with E-state index in [1.165, 1.54) is 4.90 Å². The lowest BCUT2D eigenvalue weighted by Gasteiger charge is -2.19. The first-order valence-corrected chi connectivity index (χ1v) is 4.45. The summed E-state index contributed by atoms with van der Waals surface area (Å²) in [6, 6.07) is -0.0560. The molecule has 0 radical (unpaired) electrons. The Morgan fingerprint density at radius 2 is 2.21 bits per heavy atom. The molecular formula is C8H18N4O2. The van der Waals surface area contributed by atoms with E-state index in [1.54, 1.807) is 7.05 Å². The van der Waals surface area contributed by atoms with Gasteiger partial charge in [-0.25, -0.2) is 4.79 Å². The van der Waals surface area contributed by atoms with Gasteiger partial charge in [0.2, 0.25) is 0 Å². The fourth-order valence-electron chi connectivity index (χ4n) is 0.791. The van der Waals surface area contributed by atoms with Crippen molar-refractivity contribution < 1.29 is 10.0 Å². The molecule has 0 aliphatic carbocycles. The van der Waals surface area contributed by atoms with Gasteiger partial charge in [-0.05, 0) is 13.8 Å². The molecule has 0 saturated carbocycles.